The van der Waals surface area contributed by atoms with Crippen LogP contribution in [0.15, 0.2) is 53.7 Å². The molecule has 6 nitrogen and oxygen atoms in total. The Hall–Kier alpha value is -2.60. The molecule has 1 aromatic carbocycles. The maximum atomic E-state index is 4.85. The van der Waals surface area contributed by atoms with Gasteiger partial charge in [-0.25, -0.2) is 9.98 Å². The van der Waals surface area contributed by atoms with Crippen LogP contribution in [-0.4, -0.2) is 54.6 Å². The van der Waals surface area contributed by atoms with Gasteiger partial charge in [0, 0.05) is 51.5 Å². The van der Waals surface area contributed by atoms with E-state index in [2.05, 4.69) is 69.8 Å². The number of likely N-dealkylation sites (tertiary alicyclic amines) is 1. The minimum Gasteiger partial charge on any atom is -0.357 e. The summed E-state index contributed by atoms with van der Waals surface area (Å²) in [6, 6.07) is 15.6. The number of aliphatic imine (C=N–C) groups is 1. The first-order valence-corrected chi connectivity index (χ1v) is 12.8. The first kappa shape index (κ1) is 23.6. The van der Waals surface area contributed by atoms with Gasteiger partial charge in [-0.1, -0.05) is 49.2 Å². The number of nitrogens with zero attached hydrogens (tertiary/aromatic N) is 4. The van der Waals surface area contributed by atoms with Crippen molar-refractivity contribution < 1.29 is 0 Å². The molecule has 2 fully saturated rings. The molecule has 0 aliphatic carbocycles. The predicted molar refractivity (Wildman–Crippen MR) is 138 cm³/mol. The van der Waals surface area contributed by atoms with Gasteiger partial charge in [0.2, 0.25) is 0 Å². The van der Waals surface area contributed by atoms with Crippen molar-refractivity contribution in [2.24, 2.45) is 4.99 Å². The van der Waals surface area contributed by atoms with Gasteiger partial charge in [-0.15, -0.1) is 0 Å². The van der Waals surface area contributed by atoms with Gasteiger partial charge in [0.1, 0.15) is 5.82 Å². The van der Waals surface area contributed by atoms with E-state index in [0.717, 1.165) is 69.5 Å². The quantitative estimate of drug-likeness (QED) is 0.492. The van der Waals surface area contributed by atoms with Crippen LogP contribution in [-0.2, 0) is 13.1 Å². The van der Waals surface area contributed by atoms with Gasteiger partial charge >= 0.3 is 0 Å². The van der Waals surface area contributed by atoms with E-state index in [-0.39, 0.29) is 0 Å². The number of benzene rings is 1. The molecular formula is C27H40N6. The largest absolute Gasteiger partial charge is 0.357 e. The van der Waals surface area contributed by atoms with Crippen molar-refractivity contribution >= 4 is 11.8 Å². The summed E-state index contributed by atoms with van der Waals surface area (Å²) in [6.45, 7) is 9.17. The predicted octanol–water partition coefficient (Wildman–Crippen LogP) is 4.18. The Morgan fingerprint density at radius 2 is 1.70 bits per heavy atom. The normalized spacial score (nSPS) is 18.7. The molecule has 3 heterocycles. The highest BCUT2D eigenvalue weighted by Crippen LogP contribution is 2.18. The van der Waals surface area contributed by atoms with E-state index >= 15 is 0 Å². The summed E-state index contributed by atoms with van der Waals surface area (Å²) in [4.78, 5) is 14.6. The molecule has 0 bridgehead atoms. The second-order valence-electron chi connectivity index (χ2n) is 9.30. The van der Waals surface area contributed by atoms with Crippen molar-refractivity contribution in [1.82, 2.24) is 20.5 Å². The molecule has 2 aromatic rings. The summed E-state index contributed by atoms with van der Waals surface area (Å²) < 4.78 is 0. The fourth-order valence-electron chi connectivity index (χ4n) is 4.76. The van der Waals surface area contributed by atoms with Gasteiger partial charge in [-0.3, -0.25) is 4.90 Å². The summed E-state index contributed by atoms with van der Waals surface area (Å²) in [5.41, 5.74) is 2.55. The lowest BCUT2D eigenvalue weighted by atomic mass is 10.0. The highest BCUT2D eigenvalue weighted by atomic mass is 15.2. The van der Waals surface area contributed by atoms with Gasteiger partial charge in [0.25, 0.3) is 0 Å². The second kappa shape index (κ2) is 12.6. The molecule has 2 saturated heterocycles. The van der Waals surface area contributed by atoms with Crippen LogP contribution in [0.5, 0.6) is 0 Å². The fraction of sp³-hybridized carbons (Fsp3) is 0.556. The minimum atomic E-state index is 0.471. The zero-order valence-corrected chi connectivity index (χ0v) is 20.2. The summed E-state index contributed by atoms with van der Waals surface area (Å²) >= 11 is 0. The average molecular weight is 449 g/mol. The number of nitrogens with one attached hydrogen (secondary N) is 2. The van der Waals surface area contributed by atoms with Crippen LogP contribution in [0.3, 0.4) is 0 Å². The van der Waals surface area contributed by atoms with E-state index in [1.165, 1.54) is 31.2 Å². The van der Waals surface area contributed by atoms with Crippen LogP contribution in [0.2, 0.25) is 0 Å². The molecule has 0 spiro atoms. The Morgan fingerprint density at radius 3 is 2.36 bits per heavy atom. The minimum absolute atomic E-state index is 0.471. The number of hydrogen-bond donors (Lipinski definition) is 2. The van der Waals surface area contributed by atoms with Crippen LogP contribution in [0.1, 0.15) is 56.6 Å². The summed E-state index contributed by atoms with van der Waals surface area (Å²) in [7, 11) is 0. The Morgan fingerprint density at radius 1 is 0.939 bits per heavy atom. The number of piperidine rings is 1. The van der Waals surface area contributed by atoms with E-state index in [9.17, 15) is 0 Å². The Labute approximate surface area is 199 Å². The molecule has 0 radical (unpaired) electrons. The van der Waals surface area contributed by atoms with Crippen LogP contribution in [0.4, 0.5) is 5.82 Å². The number of aromatic nitrogens is 1. The second-order valence-corrected chi connectivity index (χ2v) is 9.30. The third kappa shape index (κ3) is 7.46. The van der Waals surface area contributed by atoms with Crippen molar-refractivity contribution in [3.8, 4) is 0 Å². The van der Waals surface area contributed by atoms with Crippen molar-refractivity contribution in [2.45, 2.75) is 64.6 Å². The van der Waals surface area contributed by atoms with Crippen molar-refractivity contribution in [3.63, 3.8) is 0 Å². The SMILES string of the molecule is CCNC(=NCc1ccc(N2CCCCCC2)nc1)NC1CCN(Cc2ccccc2)CC1. The van der Waals surface area contributed by atoms with Crippen LogP contribution in [0, 0.1) is 0 Å². The fourth-order valence-corrected chi connectivity index (χ4v) is 4.76. The molecule has 4 rings (SSSR count). The molecule has 2 aliphatic heterocycles. The van der Waals surface area contributed by atoms with Crippen molar-refractivity contribution in [3.05, 3.63) is 59.8 Å². The molecule has 33 heavy (non-hydrogen) atoms. The molecule has 2 aliphatic rings. The highest BCUT2D eigenvalue weighted by Gasteiger charge is 2.20. The first-order chi connectivity index (χ1) is 16.3. The molecule has 0 unspecified atom stereocenters. The number of rotatable bonds is 7. The molecule has 0 amide bonds. The number of anilines is 1. The number of hydrogen-bond acceptors (Lipinski definition) is 4. The van der Waals surface area contributed by atoms with E-state index in [1.54, 1.807) is 0 Å². The topological polar surface area (TPSA) is 55.8 Å². The van der Waals surface area contributed by atoms with Crippen molar-refractivity contribution in [2.75, 3.05) is 37.6 Å². The van der Waals surface area contributed by atoms with Crippen LogP contribution >= 0.6 is 0 Å². The Bertz CT molecular complexity index is 835. The molecule has 1 aromatic heterocycles. The van der Waals surface area contributed by atoms with E-state index in [1.807, 2.05) is 6.20 Å². The maximum absolute atomic E-state index is 4.85. The smallest absolute Gasteiger partial charge is 0.191 e. The van der Waals surface area contributed by atoms with Gasteiger partial charge in [0.15, 0.2) is 5.96 Å². The maximum Gasteiger partial charge on any atom is 0.191 e. The third-order valence-electron chi connectivity index (χ3n) is 6.68. The molecule has 0 saturated carbocycles. The monoisotopic (exact) mass is 448 g/mol. The molecule has 178 valence electrons. The number of guanidine groups is 1. The lowest BCUT2D eigenvalue weighted by molar-refractivity contribution is 0.198. The number of pyridine rings is 1. The lowest BCUT2D eigenvalue weighted by Gasteiger charge is -2.33. The summed E-state index contributed by atoms with van der Waals surface area (Å²) in [5, 5.41) is 7.08. The molecule has 6 heteroatoms. The molecule has 2 N–H and O–H groups in total. The highest BCUT2D eigenvalue weighted by molar-refractivity contribution is 5.80. The van der Waals surface area contributed by atoms with Gasteiger partial charge in [-0.2, -0.15) is 0 Å². The standard InChI is InChI=1S/C27H40N6/c1-2-28-27(31-25-14-18-32(19-15-25)22-23-10-6-5-7-11-23)30-21-24-12-13-26(29-20-24)33-16-8-3-4-9-17-33/h5-7,10-13,20,25H,2-4,8-9,14-19,21-22H2,1H3,(H2,28,30,31). The van der Waals surface area contributed by atoms with Crippen molar-refractivity contribution in [1.29, 1.82) is 0 Å². The lowest BCUT2D eigenvalue weighted by Crippen LogP contribution is -2.48. The van der Waals surface area contributed by atoms with Gasteiger partial charge in [0.05, 0.1) is 6.54 Å². The molecule has 0 atom stereocenters. The van der Waals surface area contributed by atoms with E-state index < -0.39 is 0 Å². The summed E-state index contributed by atoms with van der Waals surface area (Å²) in [5.74, 6) is 2.02. The van der Waals surface area contributed by atoms with Gasteiger partial charge in [-0.05, 0) is 49.8 Å². The Kier molecular flexibility index (Phi) is 8.99. The molecular weight excluding hydrogens is 408 g/mol. The zero-order valence-electron chi connectivity index (χ0n) is 20.2. The third-order valence-corrected chi connectivity index (χ3v) is 6.68. The Balaban J connectivity index is 1.26. The zero-order chi connectivity index (χ0) is 22.7. The van der Waals surface area contributed by atoms with E-state index in [0.29, 0.717) is 12.6 Å². The average Bonchev–Trinajstić information content (AvgIpc) is 3.15. The van der Waals surface area contributed by atoms with Crippen LogP contribution in [0.25, 0.3) is 0 Å². The first-order valence-electron chi connectivity index (χ1n) is 12.8. The van der Waals surface area contributed by atoms with E-state index in [4.69, 9.17) is 9.98 Å². The van der Waals surface area contributed by atoms with Gasteiger partial charge < -0.3 is 15.5 Å². The summed E-state index contributed by atoms with van der Waals surface area (Å²) in [6.07, 6.45) is 9.51. The van der Waals surface area contributed by atoms with Crippen LogP contribution < -0.4 is 15.5 Å².